The van der Waals surface area contributed by atoms with Gasteiger partial charge in [0.25, 0.3) is 0 Å². The molecule has 2 aromatic rings. The third-order valence-electron chi connectivity index (χ3n) is 2.61. The number of nitrogens with two attached hydrogens (primary N) is 1. The maximum atomic E-state index is 8.97. The van der Waals surface area contributed by atoms with E-state index < -0.39 is 0 Å². The summed E-state index contributed by atoms with van der Waals surface area (Å²) in [5.74, 6) is 0.481. The largest absolute Gasteiger partial charge is 0.399 e. The van der Waals surface area contributed by atoms with Gasteiger partial charge in [-0.15, -0.1) is 5.10 Å². The molecule has 90 valence electrons. The molecule has 0 aliphatic carbocycles. The van der Waals surface area contributed by atoms with Crippen molar-refractivity contribution in [1.29, 1.82) is 5.26 Å². The molecule has 2 rings (SSSR count). The van der Waals surface area contributed by atoms with Crippen molar-refractivity contribution in [1.82, 2.24) is 10.2 Å². The average Bonchev–Trinajstić information content (AvgIpc) is 2.39. The number of hydrogen-bond acceptors (Lipinski definition) is 5. The van der Waals surface area contributed by atoms with Crippen LogP contribution in [0.3, 0.4) is 0 Å². The molecule has 1 atom stereocenters. The van der Waals surface area contributed by atoms with Crippen molar-refractivity contribution in [3.05, 3.63) is 47.7 Å². The number of nitrogen functional groups attached to an aromatic ring is 1. The fourth-order valence-electron chi connectivity index (χ4n) is 1.65. The summed E-state index contributed by atoms with van der Waals surface area (Å²) in [7, 11) is 0. The van der Waals surface area contributed by atoms with Crippen LogP contribution in [-0.4, -0.2) is 10.2 Å². The van der Waals surface area contributed by atoms with Crippen LogP contribution in [0.4, 0.5) is 11.5 Å². The summed E-state index contributed by atoms with van der Waals surface area (Å²) in [6.45, 7) is 1.98. The minimum absolute atomic E-state index is 0.00250. The molecule has 0 bridgehead atoms. The number of aromatic nitrogens is 2. The zero-order valence-corrected chi connectivity index (χ0v) is 9.96. The zero-order chi connectivity index (χ0) is 13.0. The van der Waals surface area contributed by atoms with Gasteiger partial charge in [0.15, 0.2) is 5.82 Å². The van der Waals surface area contributed by atoms with Gasteiger partial charge in [0.1, 0.15) is 6.07 Å². The van der Waals surface area contributed by atoms with E-state index in [0.29, 0.717) is 17.1 Å². The van der Waals surface area contributed by atoms with Crippen LogP contribution in [0, 0.1) is 11.3 Å². The molecular weight excluding hydrogens is 226 g/mol. The molecule has 1 aromatic heterocycles. The Labute approximate surface area is 105 Å². The quantitative estimate of drug-likeness (QED) is 0.801. The van der Waals surface area contributed by atoms with Crippen LogP contribution in [0.1, 0.15) is 24.1 Å². The Balaban J connectivity index is 2.22. The highest BCUT2D eigenvalue weighted by Crippen LogP contribution is 2.20. The van der Waals surface area contributed by atoms with E-state index in [2.05, 4.69) is 21.6 Å². The van der Waals surface area contributed by atoms with Crippen molar-refractivity contribution in [2.45, 2.75) is 13.0 Å². The molecule has 0 aliphatic rings. The minimum atomic E-state index is -0.00250. The molecule has 3 N–H and O–H groups in total. The van der Waals surface area contributed by atoms with Gasteiger partial charge in [0.05, 0.1) is 17.8 Å². The number of anilines is 2. The molecule has 5 nitrogen and oxygen atoms in total. The Bertz CT molecular complexity index is 588. The molecule has 0 radical (unpaired) electrons. The first-order chi connectivity index (χ1) is 8.70. The van der Waals surface area contributed by atoms with Crippen LogP contribution < -0.4 is 11.1 Å². The second kappa shape index (κ2) is 5.15. The maximum absolute atomic E-state index is 8.97. The zero-order valence-electron chi connectivity index (χ0n) is 9.96. The van der Waals surface area contributed by atoms with Crippen LogP contribution in [0.15, 0.2) is 36.5 Å². The summed E-state index contributed by atoms with van der Waals surface area (Å²) in [4.78, 5) is 0. The van der Waals surface area contributed by atoms with Crippen molar-refractivity contribution < 1.29 is 0 Å². The van der Waals surface area contributed by atoms with Gasteiger partial charge >= 0.3 is 0 Å². The molecule has 5 heteroatoms. The monoisotopic (exact) mass is 239 g/mol. The number of rotatable bonds is 3. The third kappa shape index (κ3) is 2.55. The summed E-state index contributed by atoms with van der Waals surface area (Å²) >= 11 is 0. The summed E-state index contributed by atoms with van der Waals surface area (Å²) < 4.78 is 0. The predicted molar refractivity (Wildman–Crippen MR) is 69.6 cm³/mol. The average molecular weight is 239 g/mol. The van der Waals surface area contributed by atoms with Crippen molar-refractivity contribution in [3.63, 3.8) is 0 Å². The molecule has 0 saturated carbocycles. The Kier molecular flexibility index (Phi) is 3.39. The highest BCUT2D eigenvalue weighted by atomic mass is 15.2. The highest BCUT2D eigenvalue weighted by Gasteiger charge is 2.09. The molecule has 0 fully saturated rings. The van der Waals surface area contributed by atoms with Crippen molar-refractivity contribution in [2.24, 2.45) is 0 Å². The summed E-state index contributed by atoms with van der Waals surface area (Å²) in [5.41, 5.74) is 7.95. The van der Waals surface area contributed by atoms with Gasteiger partial charge in [-0.25, -0.2) is 0 Å². The Morgan fingerprint density at radius 1 is 1.39 bits per heavy atom. The van der Waals surface area contributed by atoms with E-state index in [1.54, 1.807) is 6.07 Å². The number of nitrogens with one attached hydrogen (secondary N) is 1. The predicted octanol–water partition coefficient (Wildman–Crippen LogP) is 2.10. The van der Waals surface area contributed by atoms with Gasteiger partial charge in [-0.1, -0.05) is 12.1 Å². The standard InChI is InChI=1S/C13H13N5/c1-9(10-3-2-4-12(15)7-10)17-13-11(8-14)5-6-16-18-13/h2-7,9H,15H2,1H3,(H,17,18). The minimum Gasteiger partial charge on any atom is -0.399 e. The lowest BCUT2D eigenvalue weighted by Gasteiger charge is -2.15. The maximum Gasteiger partial charge on any atom is 0.167 e. The van der Waals surface area contributed by atoms with E-state index in [1.807, 2.05) is 31.2 Å². The lowest BCUT2D eigenvalue weighted by molar-refractivity contribution is 0.859. The van der Waals surface area contributed by atoms with E-state index in [9.17, 15) is 0 Å². The van der Waals surface area contributed by atoms with Crippen LogP contribution in [0.25, 0.3) is 0 Å². The third-order valence-corrected chi connectivity index (χ3v) is 2.61. The lowest BCUT2D eigenvalue weighted by Crippen LogP contribution is -2.10. The smallest absolute Gasteiger partial charge is 0.167 e. The normalized spacial score (nSPS) is 11.6. The summed E-state index contributed by atoms with van der Waals surface area (Å²) in [5, 5.41) is 19.8. The Morgan fingerprint density at radius 3 is 2.94 bits per heavy atom. The second-order valence-electron chi connectivity index (χ2n) is 3.94. The molecule has 1 aromatic carbocycles. The van der Waals surface area contributed by atoms with Gasteiger partial charge in [0, 0.05) is 5.69 Å². The number of benzene rings is 1. The molecule has 0 amide bonds. The topological polar surface area (TPSA) is 87.6 Å². The molecule has 0 saturated heterocycles. The van der Waals surface area contributed by atoms with Crippen molar-refractivity contribution in [3.8, 4) is 6.07 Å². The first kappa shape index (κ1) is 11.9. The van der Waals surface area contributed by atoms with Crippen LogP contribution >= 0.6 is 0 Å². The van der Waals surface area contributed by atoms with Crippen molar-refractivity contribution >= 4 is 11.5 Å². The van der Waals surface area contributed by atoms with Gasteiger partial charge < -0.3 is 11.1 Å². The molecule has 1 unspecified atom stereocenters. The summed E-state index contributed by atoms with van der Waals surface area (Å²) in [6.07, 6.45) is 1.49. The van der Waals surface area contributed by atoms with Gasteiger partial charge in [-0.2, -0.15) is 10.4 Å². The molecular formula is C13H13N5. The number of hydrogen-bond donors (Lipinski definition) is 2. The molecule has 18 heavy (non-hydrogen) atoms. The summed E-state index contributed by atoms with van der Waals surface area (Å²) in [6, 6.07) is 11.3. The van der Waals surface area contributed by atoms with Crippen molar-refractivity contribution in [2.75, 3.05) is 11.1 Å². The lowest BCUT2D eigenvalue weighted by atomic mass is 10.1. The van der Waals surface area contributed by atoms with Crippen LogP contribution in [-0.2, 0) is 0 Å². The van der Waals surface area contributed by atoms with Gasteiger partial charge in [0.2, 0.25) is 0 Å². The SMILES string of the molecule is CC(Nc1nnccc1C#N)c1cccc(N)c1. The fraction of sp³-hybridized carbons (Fsp3) is 0.154. The molecule has 1 heterocycles. The Morgan fingerprint density at radius 2 is 2.22 bits per heavy atom. The van der Waals surface area contributed by atoms with Crippen LogP contribution in [0.2, 0.25) is 0 Å². The van der Waals surface area contributed by atoms with E-state index >= 15 is 0 Å². The number of nitriles is 1. The first-order valence-electron chi connectivity index (χ1n) is 5.54. The van der Waals surface area contributed by atoms with Crippen LogP contribution in [0.5, 0.6) is 0 Å². The fourth-order valence-corrected chi connectivity index (χ4v) is 1.65. The second-order valence-corrected chi connectivity index (χ2v) is 3.94. The molecule has 0 spiro atoms. The first-order valence-corrected chi connectivity index (χ1v) is 5.54. The van der Waals surface area contributed by atoms with Gasteiger partial charge in [-0.05, 0) is 30.7 Å². The van der Waals surface area contributed by atoms with E-state index in [4.69, 9.17) is 11.0 Å². The van der Waals surface area contributed by atoms with E-state index in [-0.39, 0.29) is 6.04 Å². The van der Waals surface area contributed by atoms with E-state index in [1.165, 1.54) is 6.20 Å². The number of nitrogens with zero attached hydrogens (tertiary/aromatic N) is 3. The van der Waals surface area contributed by atoms with E-state index in [0.717, 1.165) is 5.56 Å². The Hall–Kier alpha value is -2.61. The highest BCUT2D eigenvalue weighted by molar-refractivity contribution is 5.52. The molecule has 0 aliphatic heterocycles. The van der Waals surface area contributed by atoms with Gasteiger partial charge in [-0.3, -0.25) is 0 Å².